The molecule has 0 unspecified atom stereocenters. The number of anilines is 1. The summed E-state index contributed by atoms with van der Waals surface area (Å²) in [6.45, 7) is 0.438. The molecule has 0 amide bonds. The number of aryl methyl sites for hydroxylation is 1. The second-order valence-electron chi connectivity index (χ2n) is 3.72. The molecule has 90 valence electrons. The Bertz CT molecular complexity index is 508. The third-order valence-electron chi connectivity index (χ3n) is 2.34. The number of hydrogen-bond donors (Lipinski definition) is 1. The lowest BCUT2D eigenvalue weighted by molar-refractivity contribution is 0.284. The first-order valence-corrected chi connectivity index (χ1v) is 5.23. The van der Waals surface area contributed by atoms with Crippen molar-refractivity contribution >= 4 is 5.69 Å². The maximum absolute atomic E-state index is 5.70. The number of aromatic nitrogens is 2. The molecule has 2 N–H and O–H groups in total. The van der Waals surface area contributed by atoms with Crippen molar-refractivity contribution in [1.29, 1.82) is 0 Å². The van der Waals surface area contributed by atoms with Crippen LogP contribution in [0.25, 0.3) is 0 Å². The molecule has 2 rings (SSSR count). The molecule has 0 fully saturated rings. The van der Waals surface area contributed by atoms with Gasteiger partial charge in [-0.25, -0.2) is 0 Å². The Kier molecular flexibility index (Phi) is 3.18. The van der Waals surface area contributed by atoms with Crippen LogP contribution in [-0.2, 0) is 13.7 Å². The van der Waals surface area contributed by atoms with Crippen molar-refractivity contribution in [2.24, 2.45) is 7.05 Å². The van der Waals surface area contributed by atoms with Crippen LogP contribution in [-0.4, -0.2) is 16.9 Å². The van der Waals surface area contributed by atoms with Crippen LogP contribution < -0.4 is 15.2 Å². The summed E-state index contributed by atoms with van der Waals surface area (Å²) in [6.07, 6.45) is 3.66. The van der Waals surface area contributed by atoms with Crippen LogP contribution in [0.2, 0.25) is 0 Å². The van der Waals surface area contributed by atoms with Crippen molar-refractivity contribution in [3.8, 4) is 11.5 Å². The first kappa shape index (κ1) is 11.3. The molecule has 17 heavy (non-hydrogen) atoms. The SMILES string of the molecule is COc1ccc(N)cc1OCc1cnn(C)c1. The first-order valence-electron chi connectivity index (χ1n) is 5.23. The Balaban J connectivity index is 2.10. The Morgan fingerprint density at radius 2 is 2.18 bits per heavy atom. The molecule has 0 aliphatic rings. The van der Waals surface area contributed by atoms with E-state index >= 15 is 0 Å². The molecule has 0 bridgehead atoms. The molecule has 0 aliphatic heterocycles. The summed E-state index contributed by atoms with van der Waals surface area (Å²) in [5, 5.41) is 4.07. The third kappa shape index (κ3) is 2.69. The maximum Gasteiger partial charge on any atom is 0.163 e. The second kappa shape index (κ2) is 4.78. The van der Waals surface area contributed by atoms with Crippen molar-refractivity contribution in [3.05, 3.63) is 36.2 Å². The Morgan fingerprint density at radius 3 is 2.82 bits per heavy atom. The zero-order valence-electron chi connectivity index (χ0n) is 9.88. The minimum atomic E-state index is 0.438. The van der Waals surface area contributed by atoms with Gasteiger partial charge in [-0.3, -0.25) is 4.68 Å². The van der Waals surface area contributed by atoms with Crippen LogP contribution in [0, 0.1) is 0 Å². The quantitative estimate of drug-likeness (QED) is 0.814. The third-order valence-corrected chi connectivity index (χ3v) is 2.34. The molecule has 0 aliphatic carbocycles. The largest absolute Gasteiger partial charge is 0.493 e. The smallest absolute Gasteiger partial charge is 0.163 e. The van der Waals surface area contributed by atoms with E-state index in [1.54, 1.807) is 36.2 Å². The van der Waals surface area contributed by atoms with Crippen LogP contribution in [0.3, 0.4) is 0 Å². The van der Waals surface area contributed by atoms with E-state index < -0.39 is 0 Å². The number of methoxy groups -OCH3 is 1. The van der Waals surface area contributed by atoms with Crippen LogP contribution in [0.4, 0.5) is 5.69 Å². The topological polar surface area (TPSA) is 62.3 Å². The molecular weight excluding hydrogens is 218 g/mol. The van der Waals surface area contributed by atoms with Gasteiger partial charge in [0, 0.05) is 30.6 Å². The molecule has 1 aromatic heterocycles. The number of ether oxygens (including phenoxy) is 2. The summed E-state index contributed by atoms with van der Waals surface area (Å²) < 4.78 is 12.6. The molecule has 1 heterocycles. The number of nitrogens with two attached hydrogens (primary N) is 1. The van der Waals surface area contributed by atoms with Crippen molar-refractivity contribution < 1.29 is 9.47 Å². The van der Waals surface area contributed by atoms with E-state index in [0.717, 1.165) is 5.56 Å². The fourth-order valence-corrected chi connectivity index (χ4v) is 1.51. The molecule has 0 radical (unpaired) electrons. The van der Waals surface area contributed by atoms with Gasteiger partial charge in [0.25, 0.3) is 0 Å². The van der Waals surface area contributed by atoms with Crippen molar-refractivity contribution in [2.45, 2.75) is 6.61 Å². The highest BCUT2D eigenvalue weighted by Gasteiger charge is 2.05. The van der Waals surface area contributed by atoms with Gasteiger partial charge in [-0.05, 0) is 12.1 Å². The predicted molar refractivity (Wildman–Crippen MR) is 64.9 cm³/mol. The summed E-state index contributed by atoms with van der Waals surface area (Å²) in [5.41, 5.74) is 7.35. The van der Waals surface area contributed by atoms with Gasteiger partial charge in [0.1, 0.15) is 6.61 Å². The van der Waals surface area contributed by atoms with Gasteiger partial charge in [0.15, 0.2) is 11.5 Å². The molecule has 5 heteroatoms. The van der Waals surface area contributed by atoms with Crippen LogP contribution in [0.15, 0.2) is 30.6 Å². The Hall–Kier alpha value is -2.17. The highest BCUT2D eigenvalue weighted by molar-refractivity contribution is 5.51. The Labute approximate surface area is 99.8 Å². The van der Waals surface area contributed by atoms with E-state index in [1.807, 2.05) is 13.2 Å². The van der Waals surface area contributed by atoms with Crippen LogP contribution in [0.1, 0.15) is 5.56 Å². The number of benzene rings is 1. The summed E-state index contributed by atoms with van der Waals surface area (Å²) in [5.74, 6) is 1.31. The average molecular weight is 233 g/mol. The van der Waals surface area contributed by atoms with Crippen LogP contribution in [0.5, 0.6) is 11.5 Å². The monoisotopic (exact) mass is 233 g/mol. The van der Waals surface area contributed by atoms with Gasteiger partial charge in [-0.2, -0.15) is 5.10 Å². The molecule has 0 saturated heterocycles. The highest BCUT2D eigenvalue weighted by atomic mass is 16.5. The molecule has 0 atom stereocenters. The van der Waals surface area contributed by atoms with E-state index in [-0.39, 0.29) is 0 Å². The lowest BCUT2D eigenvalue weighted by Crippen LogP contribution is -1.98. The molecule has 2 aromatic rings. The van der Waals surface area contributed by atoms with Crippen LogP contribution >= 0.6 is 0 Å². The number of hydrogen-bond acceptors (Lipinski definition) is 4. The second-order valence-corrected chi connectivity index (χ2v) is 3.72. The van der Waals surface area contributed by atoms with Gasteiger partial charge < -0.3 is 15.2 Å². The van der Waals surface area contributed by atoms with E-state index in [4.69, 9.17) is 15.2 Å². The summed E-state index contributed by atoms with van der Waals surface area (Å²) in [7, 11) is 3.47. The van der Waals surface area contributed by atoms with Crippen molar-refractivity contribution in [1.82, 2.24) is 9.78 Å². The van der Waals surface area contributed by atoms with Crippen molar-refractivity contribution in [3.63, 3.8) is 0 Å². The lowest BCUT2D eigenvalue weighted by Gasteiger charge is -2.10. The van der Waals surface area contributed by atoms with Gasteiger partial charge in [0.05, 0.1) is 13.3 Å². The van der Waals surface area contributed by atoms with E-state index in [0.29, 0.717) is 23.8 Å². The zero-order chi connectivity index (χ0) is 12.3. The van der Waals surface area contributed by atoms with Gasteiger partial charge >= 0.3 is 0 Å². The normalized spacial score (nSPS) is 10.2. The zero-order valence-corrected chi connectivity index (χ0v) is 9.88. The minimum absolute atomic E-state index is 0.438. The minimum Gasteiger partial charge on any atom is -0.493 e. The van der Waals surface area contributed by atoms with E-state index in [1.165, 1.54) is 0 Å². The fourth-order valence-electron chi connectivity index (χ4n) is 1.51. The lowest BCUT2D eigenvalue weighted by atomic mass is 10.3. The molecule has 0 spiro atoms. The first-order chi connectivity index (χ1) is 8.19. The van der Waals surface area contributed by atoms with E-state index in [2.05, 4.69) is 5.10 Å². The number of rotatable bonds is 4. The predicted octanol–water partition coefficient (Wildman–Crippen LogP) is 1.59. The maximum atomic E-state index is 5.70. The highest BCUT2D eigenvalue weighted by Crippen LogP contribution is 2.29. The summed E-state index contributed by atoms with van der Waals surface area (Å²) in [6, 6.07) is 5.30. The van der Waals surface area contributed by atoms with Crippen molar-refractivity contribution in [2.75, 3.05) is 12.8 Å². The molecule has 1 aromatic carbocycles. The van der Waals surface area contributed by atoms with E-state index in [9.17, 15) is 0 Å². The summed E-state index contributed by atoms with van der Waals surface area (Å²) >= 11 is 0. The Morgan fingerprint density at radius 1 is 1.35 bits per heavy atom. The summed E-state index contributed by atoms with van der Waals surface area (Å²) in [4.78, 5) is 0. The standard InChI is InChI=1S/C12H15N3O2/c1-15-7-9(6-14-15)8-17-12-5-10(13)3-4-11(12)16-2/h3-7H,8,13H2,1-2H3. The number of nitrogen functional groups attached to an aromatic ring is 1. The molecule has 0 saturated carbocycles. The molecular formula is C12H15N3O2. The van der Waals surface area contributed by atoms with Gasteiger partial charge in [0.2, 0.25) is 0 Å². The molecule has 5 nitrogen and oxygen atoms in total. The fraction of sp³-hybridized carbons (Fsp3) is 0.250. The van der Waals surface area contributed by atoms with Gasteiger partial charge in [-0.15, -0.1) is 0 Å². The van der Waals surface area contributed by atoms with Gasteiger partial charge in [-0.1, -0.05) is 0 Å². The average Bonchev–Trinajstić information content (AvgIpc) is 2.73. The number of nitrogens with zero attached hydrogens (tertiary/aromatic N) is 2.